The van der Waals surface area contributed by atoms with Crippen molar-refractivity contribution in [3.63, 3.8) is 0 Å². The largest absolute Gasteiger partial charge is 0.496 e. The molecular weight excluding hydrogens is 404 g/mol. The third-order valence-electron chi connectivity index (χ3n) is 5.78. The predicted octanol–water partition coefficient (Wildman–Crippen LogP) is 5.39. The van der Waals surface area contributed by atoms with Crippen molar-refractivity contribution in [2.45, 2.75) is 52.1 Å². The highest BCUT2D eigenvalue weighted by Crippen LogP contribution is 2.28. The molecule has 0 aliphatic heterocycles. The van der Waals surface area contributed by atoms with Gasteiger partial charge in [0.1, 0.15) is 11.5 Å². The van der Waals surface area contributed by atoms with Crippen LogP contribution in [0.2, 0.25) is 0 Å². The Hall–Kier alpha value is -3.02. The monoisotopic (exact) mass is 438 g/mol. The maximum absolute atomic E-state index is 13.0. The Balaban J connectivity index is 1.66. The van der Waals surface area contributed by atoms with Gasteiger partial charge < -0.3 is 19.7 Å². The van der Waals surface area contributed by atoms with Crippen molar-refractivity contribution in [1.29, 1.82) is 0 Å². The van der Waals surface area contributed by atoms with Crippen LogP contribution >= 0.6 is 0 Å². The number of hydrogen-bond acceptors (Lipinski definition) is 4. The molecule has 0 bridgehead atoms. The van der Waals surface area contributed by atoms with E-state index in [0.29, 0.717) is 28.5 Å². The van der Waals surface area contributed by atoms with Crippen LogP contribution in [0.25, 0.3) is 0 Å². The first-order valence-corrected chi connectivity index (χ1v) is 11.4. The Labute approximate surface area is 190 Å². The number of benzene rings is 2. The van der Waals surface area contributed by atoms with Crippen LogP contribution in [0.5, 0.6) is 11.5 Å². The highest BCUT2D eigenvalue weighted by Gasteiger charge is 2.22. The molecule has 0 atom stereocenters. The molecule has 172 valence electrons. The van der Waals surface area contributed by atoms with E-state index in [1.54, 1.807) is 47.4 Å². The lowest BCUT2D eigenvalue weighted by Crippen LogP contribution is -2.32. The standard InChI is InChI=1S/C26H34N2O4/c1-18(2)32-22-13-10-20(11-14-22)25(29)27-21-12-15-23(24(16-21)31-4)26(30)28(3)17-19-8-6-5-7-9-19/h10-16,18-19H,5-9,17H2,1-4H3,(H,27,29). The molecule has 6 heteroatoms. The Kier molecular flexibility index (Phi) is 8.14. The van der Waals surface area contributed by atoms with E-state index in [4.69, 9.17) is 9.47 Å². The molecule has 0 heterocycles. The third-order valence-corrected chi connectivity index (χ3v) is 5.78. The van der Waals surface area contributed by atoms with E-state index >= 15 is 0 Å². The van der Waals surface area contributed by atoms with Gasteiger partial charge in [-0.2, -0.15) is 0 Å². The van der Waals surface area contributed by atoms with E-state index in [-0.39, 0.29) is 17.9 Å². The summed E-state index contributed by atoms with van der Waals surface area (Å²) in [5.74, 6) is 1.43. The summed E-state index contributed by atoms with van der Waals surface area (Å²) in [6, 6.07) is 12.1. The minimum Gasteiger partial charge on any atom is -0.496 e. The van der Waals surface area contributed by atoms with E-state index in [0.717, 1.165) is 12.3 Å². The lowest BCUT2D eigenvalue weighted by Gasteiger charge is -2.27. The summed E-state index contributed by atoms with van der Waals surface area (Å²) in [4.78, 5) is 27.4. The van der Waals surface area contributed by atoms with E-state index in [1.165, 1.54) is 39.2 Å². The fourth-order valence-electron chi connectivity index (χ4n) is 4.15. The first kappa shape index (κ1) is 23.6. The van der Waals surface area contributed by atoms with E-state index in [1.807, 2.05) is 20.9 Å². The minimum absolute atomic E-state index is 0.0639. The second kappa shape index (κ2) is 11.0. The van der Waals surface area contributed by atoms with Crippen LogP contribution in [-0.2, 0) is 0 Å². The number of carbonyl (C=O) groups is 2. The van der Waals surface area contributed by atoms with Crippen molar-refractivity contribution < 1.29 is 19.1 Å². The smallest absolute Gasteiger partial charge is 0.257 e. The molecule has 0 spiro atoms. The molecule has 1 fully saturated rings. The van der Waals surface area contributed by atoms with Crippen molar-refractivity contribution in [3.8, 4) is 11.5 Å². The number of anilines is 1. The summed E-state index contributed by atoms with van der Waals surface area (Å²) in [5, 5.41) is 2.87. The minimum atomic E-state index is -0.239. The maximum Gasteiger partial charge on any atom is 0.257 e. The molecule has 3 rings (SSSR count). The summed E-state index contributed by atoms with van der Waals surface area (Å²) in [5.41, 5.74) is 1.59. The van der Waals surface area contributed by atoms with Gasteiger partial charge in [0, 0.05) is 30.9 Å². The zero-order valence-electron chi connectivity index (χ0n) is 19.5. The van der Waals surface area contributed by atoms with Crippen LogP contribution in [0.3, 0.4) is 0 Å². The fourth-order valence-corrected chi connectivity index (χ4v) is 4.15. The molecule has 0 saturated heterocycles. The highest BCUT2D eigenvalue weighted by atomic mass is 16.5. The fraction of sp³-hybridized carbons (Fsp3) is 0.462. The van der Waals surface area contributed by atoms with Gasteiger partial charge in [0.15, 0.2) is 0 Å². The van der Waals surface area contributed by atoms with Crippen LogP contribution in [0.4, 0.5) is 5.69 Å². The Morgan fingerprint density at radius 3 is 2.38 bits per heavy atom. The number of nitrogens with one attached hydrogen (secondary N) is 1. The Bertz CT molecular complexity index is 918. The van der Waals surface area contributed by atoms with E-state index in [9.17, 15) is 9.59 Å². The summed E-state index contributed by atoms with van der Waals surface area (Å²) < 4.78 is 11.1. The topological polar surface area (TPSA) is 67.9 Å². The molecule has 6 nitrogen and oxygen atoms in total. The van der Waals surface area contributed by atoms with Crippen molar-refractivity contribution in [2.24, 2.45) is 5.92 Å². The van der Waals surface area contributed by atoms with Gasteiger partial charge in [-0.05, 0) is 69.0 Å². The van der Waals surface area contributed by atoms with E-state index in [2.05, 4.69) is 5.32 Å². The molecule has 0 radical (unpaired) electrons. The molecule has 1 N–H and O–H groups in total. The number of nitrogens with zero attached hydrogens (tertiary/aromatic N) is 1. The quantitative estimate of drug-likeness (QED) is 0.600. The number of rotatable bonds is 8. The second-order valence-corrected chi connectivity index (χ2v) is 8.75. The van der Waals surface area contributed by atoms with Crippen molar-refractivity contribution in [2.75, 3.05) is 26.0 Å². The summed E-state index contributed by atoms with van der Waals surface area (Å²) >= 11 is 0. The number of ether oxygens (including phenoxy) is 2. The van der Waals surface area contributed by atoms with Gasteiger partial charge in [-0.15, -0.1) is 0 Å². The second-order valence-electron chi connectivity index (χ2n) is 8.75. The van der Waals surface area contributed by atoms with Crippen LogP contribution in [-0.4, -0.2) is 43.5 Å². The summed E-state index contributed by atoms with van der Waals surface area (Å²) in [7, 11) is 3.38. The van der Waals surface area contributed by atoms with Gasteiger partial charge >= 0.3 is 0 Å². The molecule has 1 aliphatic carbocycles. The SMILES string of the molecule is COc1cc(NC(=O)c2ccc(OC(C)C)cc2)ccc1C(=O)N(C)CC1CCCCC1. The van der Waals surface area contributed by atoms with Gasteiger partial charge in [-0.25, -0.2) is 0 Å². The van der Waals surface area contributed by atoms with Gasteiger partial charge in [0.2, 0.25) is 0 Å². The molecule has 2 aromatic rings. The molecular formula is C26H34N2O4. The zero-order chi connectivity index (χ0) is 23.1. The van der Waals surface area contributed by atoms with Gasteiger partial charge in [-0.3, -0.25) is 9.59 Å². The maximum atomic E-state index is 13.0. The first-order valence-electron chi connectivity index (χ1n) is 11.4. The van der Waals surface area contributed by atoms with Crippen molar-refractivity contribution in [1.82, 2.24) is 4.90 Å². The average molecular weight is 439 g/mol. The number of methoxy groups -OCH3 is 1. The number of hydrogen-bond donors (Lipinski definition) is 1. The molecule has 32 heavy (non-hydrogen) atoms. The van der Waals surface area contributed by atoms with Gasteiger partial charge in [0.25, 0.3) is 11.8 Å². The van der Waals surface area contributed by atoms with Crippen LogP contribution < -0.4 is 14.8 Å². The summed E-state index contributed by atoms with van der Waals surface area (Å²) in [6.45, 7) is 4.67. The van der Waals surface area contributed by atoms with Crippen LogP contribution in [0, 0.1) is 5.92 Å². The molecule has 2 aromatic carbocycles. The molecule has 0 aromatic heterocycles. The third kappa shape index (κ3) is 6.25. The van der Waals surface area contributed by atoms with Crippen LogP contribution in [0.1, 0.15) is 66.7 Å². The van der Waals surface area contributed by atoms with Crippen molar-refractivity contribution in [3.05, 3.63) is 53.6 Å². The Morgan fingerprint density at radius 2 is 1.75 bits per heavy atom. The highest BCUT2D eigenvalue weighted by molar-refractivity contribution is 6.05. The molecule has 0 unspecified atom stereocenters. The van der Waals surface area contributed by atoms with Crippen LogP contribution in [0.15, 0.2) is 42.5 Å². The lowest BCUT2D eigenvalue weighted by atomic mass is 9.89. The lowest BCUT2D eigenvalue weighted by molar-refractivity contribution is 0.0757. The summed E-state index contributed by atoms with van der Waals surface area (Å²) in [6.07, 6.45) is 6.24. The molecule has 1 aliphatic rings. The average Bonchev–Trinajstić information content (AvgIpc) is 2.79. The van der Waals surface area contributed by atoms with Crippen molar-refractivity contribution >= 4 is 17.5 Å². The van der Waals surface area contributed by atoms with Gasteiger partial charge in [0.05, 0.1) is 18.8 Å². The first-order chi connectivity index (χ1) is 15.4. The number of amides is 2. The molecule has 1 saturated carbocycles. The normalized spacial score (nSPS) is 14.2. The zero-order valence-corrected chi connectivity index (χ0v) is 19.5. The predicted molar refractivity (Wildman–Crippen MR) is 127 cm³/mol. The Morgan fingerprint density at radius 1 is 1.06 bits per heavy atom. The van der Waals surface area contributed by atoms with E-state index < -0.39 is 0 Å². The van der Waals surface area contributed by atoms with Gasteiger partial charge in [-0.1, -0.05) is 19.3 Å². The molecule has 2 amide bonds. The number of carbonyl (C=O) groups excluding carboxylic acids is 2.